The van der Waals surface area contributed by atoms with E-state index in [0.29, 0.717) is 5.88 Å². The van der Waals surface area contributed by atoms with Crippen LogP contribution in [-0.4, -0.2) is 25.8 Å². The zero-order chi connectivity index (χ0) is 12.4. The zero-order valence-electron chi connectivity index (χ0n) is 8.95. The fraction of sp³-hybridized carbons (Fsp3) is 0.429. The lowest BCUT2D eigenvalue weighted by Crippen LogP contribution is -1.97. The molecule has 0 aliphatic heterocycles. The highest BCUT2D eigenvalue weighted by molar-refractivity contribution is 8.00. The minimum absolute atomic E-state index is 0.679. The number of hydrogen-bond donors (Lipinski definition) is 0. The normalized spacial score (nSPS) is 10.9. The monoisotopic (exact) mass is 340 g/mol. The van der Waals surface area contributed by atoms with Crippen LogP contribution in [0.2, 0.25) is 0 Å². The van der Waals surface area contributed by atoms with Gasteiger partial charge in [0.25, 0.3) is 0 Å². The topological polar surface area (TPSA) is 35.6 Å². The lowest BCUT2D eigenvalue weighted by molar-refractivity contribution is 0.707. The third kappa shape index (κ3) is 3.38. The molecule has 0 radical (unpaired) electrons. The molecule has 0 spiro atoms. The van der Waals surface area contributed by atoms with E-state index in [1.807, 2.05) is 18.0 Å². The predicted octanol–water partition coefficient (Wildman–Crippen LogP) is 3.67. The predicted molar refractivity (Wildman–Crippen MR) is 80.5 cm³/mol. The minimum atomic E-state index is 0.679. The molecule has 0 saturated carbocycles. The Hall–Kier alpha value is 0.260. The Morgan fingerprint density at radius 3 is 2.41 bits per heavy atom. The van der Waals surface area contributed by atoms with Crippen LogP contribution in [0, 0.1) is 7.91 Å². The lowest BCUT2D eigenvalue weighted by Gasteiger charge is -1.96. The van der Waals surface area contributed by atoms with Crippen molar-refractivity contribution >= 4 is 70.6 Å². The van der Waals surface area contributed by atoms with Crippen LogP contribution in [0.15, 0.2) is 8.68 Å². The molecule has 10 heteroatoms. The summed E-state index contributed by atoms with van der Waals surface area (Å²) >= 11 is 16.6. The molecular weight excluding hydrogens is 333 g/mol. The summed E-state index contributed by atoms with van der Waals surface area (Å²) in [6.07, 6.45) is 2.00. The summed E-state index contributed by atoms with van der Waals surface area (Å²) in [5.41, 5.74) is 0. The maximum absolute atomic E-state index is 5.24. The average Bonchev–Trinajstić information content (AvgIpc) is 2.80. The van der Waals surface area contributed by atoms with Gasteiger partial charge in [-0.1, -0.05) is 46.2 Å². The zero-order valence-corrected chi connectivity index (χ0v) is 13.8. The minimum Gasteiger partial charge on any atom is -0.247 e. The molecule has 4 nitrogen and oxygen atoms in total. The summed E-state index contributed by atoms with van der Waals surface area (Å²) in [6.45, 7) is 0. The molecule has 0 unspecified atom stereocenters. The van der Waals surface area contributed by atoms with Crippen molar-refractivity contribution in [2.75, 3.05) is 6.26 Å². The van der Waals surface area contributed by atoms with Gasteiger partial charge in [-0.25, -0.2) is 9.36 Å². The summed E-state index contributed by atoms with van der Waals surface area (Å²) in [6, 6.07) is 0. The number of nitrogens with zero attached hydrogens (tertiary/aromatic N) is 4. The van der Waals surface area contributed by atoms with E-state index in [1.54, 1.807) is 28.2 Å². The van der Waals surface area contributed by atoms with Gasteiger partial charge in [-0.2, -0.15) is 10.2 Å². The molecule has 2 aromatic rings. The third-order valence-corrected chi connectivity index (χ3v) is 6.54. The molecule has 2 aromatic heterocycles. The van der Waals surface area contributed by atoms with Crippen LogP contribution in [-0.2, 0) is 12.9 Å². The molecule has 2 heterocycles. The van der Waals surface area contributed by atoms with Crippen LogP contribution in [0.1, 0.15) is 0 Å². The number of hydrogen-bond acceptors (Lipinski definition) is 8. The van der Waals surface area contributed by atoms with Crippen LogP contribution >= 0.6 is 70.6 Å². The number of aromatic nitrogens is 4. The largest absolute Gasteiger partial charge is 0.247 e. The van der Waals surface area contributed by atoms with Crippen molar-refractivity contribution < 1.29 is 0 Å². The molecule has 17 heavy (non-hydrogen) atoms. The van der Waals surface area contributed by atoms with Gasteiger partial charge in [0.05, 0.1) is 5.88 Å². The third-order valence-electron chi connectivity index (χ3n) is 1.74. The molecule has 92 valence electrons. The number of thioether (sulfide) groups is 2. The van der Waals surface area contributed by atoms with E-state index in [-0.39, 0.29) is 0 Å². The molecule has 0 bridgehead atoms. The highest BCUT2D eigenvalue weighted by Gasteiger charge is 2.05. The maximum Gasteiger partial charge on any atom is 0.180 e. The molecule has 0 N–H and O–H groups in total. The van der Waals surface area contributed by atoms with E-state index in [0.717, 1.165) is 16.6 Å². The average molecular weight is 341 g/mol. The molecule has 0 fully saturated rings. The van der Waals surface area contributed by atoms with Crippen LogP contribution in [0.25, 0.3) is 0 Å². The summed E-state index contributed by atoms with van der Waals surface area (Å²) in [5.74, 6) is 0.679. The van der Waals surface area contributed by atoms with Gasteiger partial charge < -0.3 is 0 Å². The number of aryl methyl sites for hydroxylation is 1. The van der Waals surface area contributed by atoms with Crippen LogP contribution < -0.4 is 0 Å². The Morgan fingerprint density at radius 1 is 1.18 bits per heavy atom. The SMILES string of the molecule is CSc1nn(CSc2nn(C)c(=S)s2)c(=S)s1. The van der Waals surface area contributed by atoms with Gasteiger partial charge in [0.2, 0.25) is 0 Å². The van der Waals surface area contributed by atoms with Crippen molar-refractivity contribution in [3.05, 3.63) is 7.91 Å². The Morgan fingerprint density at radius 2 is 1.88 bits per heavy atom. The van der Waals surface area contributed by atoms with Gasteiger partial charge in [0, 0.05) is 7.05 Å². The Balaban J connectivity index is 2.09. The second-order valence-electron chi connectivity index (χ2n) is 2.87. The lowest BCUT2D eigenvalue weighted by atomic mass is 11.3. The maximum atomic E-state index is 5.24. The first-order valence-electron chi connectivity index (χ1n) is 4.39. The summed E-state index contributed by atoms with van der Waals surface area (Å²) in [7, 11) is 1.85. The summed E-state index contributed by atoms with van der Waals surface area (Å²) < 4.78 is 7.03. The van der Waals surface area contributed by atoms with E-state index >= 15 is 0 Å². The van der Waals surface area contributed by atoms with Gasteiger partial charge in [-0.3, -0.25) is 0 Å². The smallest absolute Gasteiger partial charge is 0.180 e. The van der Waals surface area contributed by atoms with Gasteiger partial charge in [-0.05, 0) is 30.7 Å². The molecule has 0 amide bonds. The molecule has 0 aliphatic carbocycles. The highest BCUT2D eigenvalue weighted by atomic mass is 32.2. The molecule has 2 rings (SSSR count). The first-order chi connectivity index (χ1) is 8.10. The van der Waals surface area contributed by atoms with E-state index in [4.69, 9.17) is 24.4 Å². The summed E-state index contributed by atoms with van der Waals surface area (Å²) in [4.78, 5) is 0. The second-order valence-corrected chi connectivity index (χ2v) is 8.36. The molecule has 0 aliphatic rings. The van der Waals surface area contributed by atoms with Crippen molar-refractivity contribution in [3.8, 4) is 0 Å². The van der Waals surface area contributed by atoms with Crippen LogP contribution in [0.5, 0.6) is 0 Å². The second kappa shape index (κ2) is 5.93. The summed E-state index contributed by atoms with van der Waals surface area (Å²) in [5, 5.41) is 8.69. The fourth-order valence-corrected chi connectivity index (χ4v) is 5.02. The van der Waals surface area contributed by atoms with Crippen LogP contribution in [0.4, 0.5) is 0 Å². The van der Waals surface area contributed by atoms with Gasteiger partial charge in [-0.15, -0.1) is 0 Å². The van der Waals surface area contributed by atoms with Crippen molar-refractivity contribution in [2.45, 2.75) is 14.6 Å². The number of rotatable bonds is 4. The van der Waals surface area contributed by atoms with Gasteiger partial charge >= 0.3 is 0 Å². The first kappa shape index (κ1) is 13.7. The Labute approximate surface area is 125 Å². The standard InChI is InChI=1S/C7H8N4S6/c1-10-6(12)17-5(8-10)15-3-11-7(13)16-4(9-11)14-2/h3H2,1-2H3. The van der Waals surface area contributed by atoms with E-state index in [9.17, 15) is 0 Å². The van der Waals surface area contributed by atoms with Crippen LogP contribution in [0.3, 0.4) is 0 Å². The van der Waals surface area contributed by atoms with Gasteiger partial charge in [0.15, 0.2) is 16.6 Å². The van der Waals surface area contributed by atoms with Crippen molar-refractivity contribution in [3.63, 3.8) is 0 Å². The molecule has 0 aromatic carbocycles. The Bertz CT molecular complexity index is 619. The molecular formula is C7H8N4S6. The van der Waals surface area contributed by atoms with E-state index in [1.165, 1.54) is 22.7 Å². The Kier molecular flexibility index (Phi) is 4.78. The molecule has 0 saturated heterocycles. The highest BCUT2D eigenvalue weighted by Crippen LogP contribution is 2.25. The van der Waals surface area contributed by atoms with Crippen molar-refractivity contribution in [1.82, 2.24) is 19.6 Å². The fourth-order valence-electron chi connectivity index (χ4n) is 0.950. The van der Waals surface area contributed by atoms with E-state index < -0.39 is 0 Å². The van der Waals surface area contributed by atoms with E-state index in [2.05, 4.69) is 10.2 Å². The quantitative estimate of drug-likeness (QED) is 0.624. The molecule has 0 atom stereocenters. The van der Waals surface area contributed by atoms with Gasteiger partial charge in [0.1, 0.15) is 0 Å². The van der Waals surface area contributed by atoms with Crippen molar-refractivity contribution in [2.24, 2.45) is 7.05 Å². The van der Waals surface area contributed by atoms with Crippen molar-refractivity contribution in [1.29, 1.82) is 0 Å². The first-order valence-corrected chi connectivity index (χ1v) is 9.05.